The van der Waals surface area contributed by atoms with Gasteiger partial charge in [-0.2, -0.15) is 18.2 Å². The SMILES string of the molecule is Fc1cccc(N2CCCn3nc(N[C@@H]4[C@@H]5CC[C@H]4CN(c4ccnc(C(F)(F)F)c4)C5)nc32)c1. The molecule has 0 amide bonds. The molecule has 6 rings (SSSR count). The molecule has 2 aromatic heterocycles. The Morgan fingerprint density at radius 2 is 1.77 bits per heavy atom. The van der Waals surface area contributed by atoms with Crippen LogP contribution in [0.2, 0.25) is 0 Å². The molecule has 1 N–H and O–H groups in total. The van der Waals surface area contributed by atoms with Gasteiger partial charge < -0.3 is 15.1 Å². The molecule has 4 heterocycles. The highest BCUT2D eigenvalue weighted by Gasteiger charge is 2.43. The lowest BCUT2D eigenvalue weighted by Crippen LogP contribution is -2.48. The topological polar surface area (TPSA) is 62.1 Å². The maximum absolute atomic E-state index is 13.8. The fourth-order valence-corrected chi connectivity index (χ4v) is 5.70. The summed E-state index contributed by atoms with van der Waals surface area (Å²) in [6.07, 6.45) is -0.353. The Labute approximate surface area is 199 Å². The van der Waals surface area contributed by atoms with Crippen LogP contribution in [0.4, 0.5) is 40.8 Å². The number of fused-ring (bicyclic) bond motifs is 3. The standard InChI is InChI=1S/C24H25F4N7/c25-17-3-1-4-19(11-17)34-9-2-10-35-23(34)31-22(32-35)30-21-15-5-6-16(21)14-33(13-15)18-7-8-29-20(12-18)24(26,27)28/h1,3-4,7-8,11-12,15-16,21H,2,5-6,9-10,13-14H2,(H,30,32)/t15-,16+,21-. The lowest BCUT2D eigenvalue weighted by atomic mass is 9.92. The number of aromatic nitrogens is 4. The number of rotatable bonds is 4. The van der Waals surface area contributed by atoms with Gasteiger partial charge in [0.25, 0.3) is 0 Å². The molecule has 35 heavy (non-hydrogen) atoms. The lowest BCUT2D eigenvalue weighted by Gasteiger charge is -2.39. The predicted octanol–water partition coefficient (Wildman–Crippen LogP) is 4.70. The summed E-state index contributed by atoms with van der Waals surface area (Å²) in [7, 11) is 0. The van der Waals surface area contributed by atoms with Crippen LogP contribution < -0.4 is 15.1 Å². The van der Waals surface area contributed by atoms with Crippen LogP contribution in [0.5, 0.6) is 0 Å². The summed E-state index contributed by atoms with van der Waals surface area (Å²) in [6, 6.07) is 9.40. The van der Waals surface area contributed by atoms with E-state index in [1.807, 2.05) is 20.5 Å². The Bertz CT molecular complexity index is 1210. The lowest BCUT2D eigenvalue weighted by molar-refractivity contribution is -0.141. The highest BCUT2D eigenvalue weighted by Crippen LogP contribution is 2.41. The second-order valence-corrected chi connectivity index (χ2v) is 9.51. The van der Waals surface area contributed by atoms with E-state index in [1.54, 1.807) is 12.1 Å². The van der Waals surface area contributed by atoms with Gasteiger partial charge in [0.2, 0.25) is 11.9 Å². The van der Waals surface area contributed by atoms with Gasteiger partial charge in [-0.25, -0.2) is 9.07 Å². The van der Waals surface area contributed by atoms with Gasteiger partial charge >= 0.3 is 6.18 Å². The Morgan fingerprint density at radius 3 is 2.51 bits per heavy atom. The van der Waals surface area contributed by atoms with E-state index in [-0.39, 0.29) is 23.7 Å². The highest BCUT2D eigenvalue weighted by atomic mass is 19.4. The van der Waals surface area contributed by atoms with E-state index >= 15 is 0 Å². The number of nitrogens with zero attached hydrogens (tertiary/aromatic N) is 6. The third kappa shape index (κ3) is 4.17. The van der Waals surface area contributed by atoms with Crippen molar-refractivity contribution in [1.29, 1.82) is 0 Å². The first-order valence-electron chi connectivity index (χ1n) is 11.9. The van der Waals surface area contributed by atoms with Gasteiger partial charge in [0, 0.05) is 49.8 Å². The zero-order valence-corrected chi connectivity index (χ0v) is 18.9. The zero-order chi connectivity index (χ0) is 24.2. The van der Waals surface area contributed by atoms with Crippen LogP contribution in [-0.2, 0) is 12.7 Å². The summed E-state index contributed by atoms with van der Waals surface area (Å²) >= 11 is 0. The molecule has 1 aromatic carbocycles. The van der Waals surface area contributed by atoms with E-state index in [2.05, 4.69) is 15.4 Å². The molecule has 3 aliphatic rings. The molecular weight excluding hydrogens is 462 g/mol. The van der Waals surface area contributed by atoms with Crippen molar-refractivity contribution in [3.8, 4) is 0 Å². The molecule has 11 heteroatoms. The fraction of sp³-hybridized carbons (Fsp3) is 0.458. The number of halogens is 4. The van der Waals surface area contributed by atoms with Crippen molar-refractivity contribution in [3.63, 3.8) is 0 Å². The second-order valence-electron chi connectivity index (χ2n) is 9.51. The van der Waals surface area contributed by atoms with Crippen LogP contribution in [0, 0.1) is 17.7 Å². The number of alkyl halides is 3. The fourth-order valence-electron chi connectivity index (χ4n) is 5.70. The summed E-state index contributed by atoms with van der Waals surface area (Å²) in [4.78, 5) is 12.2. The zero-order valence-electron chi connectivity index (χ0n) is 18.9. The van der Waals surface area contributed by atoms with E-state index in [1.165, 1.54) is 18.3 Å². The summed E-state index contributed by atoms with van der Waals surface area (Å²) in [5, 5.41) is 8.20. The van der Waals surface area contributed by atoms with E-state index in [9.17, 15) is 17.6 Å². The molecule has 2 bridgehead atoms. The van der Waals surface area contributed by atoms with Crippen molar-refractivity contribution in [1.82, 2.24) is 19.7 Å². The van der Waals surface area contributed by atoms with Crippen LogP contribution in [0.15, 0.2) is 42.6 Å². The minimum Gasteiger partial charge on any atom is -0.371 e. The number of hydrogen-bond donors (Lipinski definition) is 1. The smallest absolute Gasteiger partial charge is 0.371 e. The first-order chi connectivity index (χ1) is 16.8. The molecule has 0 unspecified atom stereocenters. The number of anilines is 4. The van der Waals surface area contributed by atoms with Gasteiger partial charge in [-0.05, 0) is 61.4 Å². The molecule has 0 spiro atoms. The predicted molar refractivity (Wildman–Crippen MR) is 123 cm³/mol. The molecule has 3 aromatic rings. The second kappa shape index (κ2) is 8.39. The maximum Gasteiger partial charge on any atom is 0.433 e. The number of benzene rings is 1. The van der Waals surface area contributed by atoms with Gasteiger partial charge in [0.05, 0.1) is 0 Å². The van der Waals surface area contributed by atoms with Crippen molar-refractivity contribution >= 4 is 23.3 Å². The molecule has 1 saturated heterocycles. The number of pyridine rings is 1. The third-order valence-electron chi connectivity index (χ3n) is 7.29. The van der Waals surface area contributed by atoms with Crippen molar-refractivity contribution in [2.45, 2.75) is 38.0 Å². The Balaban J connectivity index is 1.19. The van der Waals surface area contributed by atoms with Crippen LogP contribution >= 0.6 is 0 Å². The molecule has 3 atom stereocenters. The van der Waals surface area contributed by atoms with Gasteiger partial charge in [0.15, 0.2) is 0 Å². The van der Waals surface area contributed by atoms with Crippen LogP contribution in [0.25, 0.3) is 0 Å². The molecule has 184 valence electrons. The Morgan fingerprint density at radius 1 is 0.971 bits per heavy atom. The molecule has 1 aliphatic carbocycles. The number of hydrogen-bond acceptors (Lipinski definition) is 6. The third-order valence-corrected chi connectivity index (χ3v) is 7.29. The van der Waals surface area contributed by atoms with Crippen molar-refractivity contribution in [2.24, 2.45) is 11.8 Å². The molecule has 2 fully saturated rings. The van der Waals surface area contributed by atoms with E-state index in [0.717, 1.165) is 44.1 Å². The largest absolute Gasteiger partial charge is 0.433 e. The molecule has 7 nitrogen and oxygen atoms in total. The molecule has 2 aliphatic heterocycles. The Kier molecular flexibility index (Phi) is 5.30. The van der Waals surface area contributed by atoms with Crippen LogP contribution in [0.3, 0.4) is 0 Å². The molecule has 1 saturated carbocycles. The molecular formula is C24H25F4N7. The first-order valence-corrected chi connectivity index (χ1v) is 11.9. The van der Waals surface area contributed by atoms with Gasteiger partial charge in [0.1, 0.15) is 11.5 Å². The van der Waals surface area contributed by atoms with Gasteiger partial charge in [-0.1, -0.05) is 6.07 Å². The highest BCUT2D eigenvalue weighted by molar-refractivity contribution is 5.59. The van der Waals surface area contributed by atoms with Crippen LogP contribution in [0.1, 0.15) is 25.0 Å². The Hall–Kier alpha value is -3.37. The number of piperidine rings is 1. The van der Waals surface area contributed by atoms with E-state index in [4.69, 9.17) is 4.98 Å². The normalized spacial score (nSPS) is 23.9. The monoisotopic (exact) mass is 487 g/mol. The first kappa shape index (κ1) is 22.1. The van der Waals surface area contributed by atoms with E-state index in [0.29, 0.717) is 30.7 Å². The summed E-state index contributed by atoms with van der Waals surface area (Å²) in [6.45, 7) is 2.80. The van der Waals surface area contributed by atoms with Crippen molar-refractivity contribution in [3.05, 3.63) is 54.1 Å². The summed E-state index contributed by atoms with van der Waals surface area (Å²) < 4.78 is 55.0. The number of nitrogens with one attached hydrogen (secondary N) is 1. The van der Waals surface area contributed by atoms with Crippen LogP contribution in [-0.4, -0.2) is 45.4 Å². The van der Waals surface area contributed by atoms with Crippen molar-refractivity contribution in [2.75, 3.05) is 34.8 Å². The quantitative estimate of drug-likeness (QED) is 0.539. The average molecular weight is 488 g/mol. The summed E-state index contributed by atoms with van der Waals surface area (Å²) in [5.74, 6) is 1.48. The average Bonchev–Trinajstić information content (AvgIpc) is 3.34. The minimum absolute atomic E-state index is 0.155. The van der Waals surface area contributed by atoms with Gasteiger partial charge in [-0.15, -0.1) is 5.10 Å². The van der Waals surface area contributed by atoms with Crippen molar-refractivity contribution < 1.29 is 17.6 Å². The minimum atomic E-state index is -4.46. The summed E-state index contributed by atoms with van der Waals surface area (Å²) in [5.41, 5.74) is 0.441. The maximum atomic E-state index is 13.8. The van der Waals surface area contributed by atoms with Gasteiger partial charge in [-0.3, -0.25) is 4.98 Å². The van der Waals surface area contributed by atoms with E-state index < -0.39 is 11.9 Å². The number of aryl methyl sites for hydroxylation is 1. The molecule has 0 radical (unpaired) electrons.